The lowest BCUT2D eigenvalue weighted by molar-refractivity contribution is 0.169. The average molecular weight is 267 g/mol. The predicted molar refractivity (Wildman–Crippen MR) is 66.2 cm³/mol. The van der Waals surface area contributed by atoms with E-state index in [0.717, 1.165) is 17.8 Å². The van der Waals surface area contributed by atoms with Gasteiger partial charge in [0.2, 0.25) is 0 Å². The molecule has 0 fully saturated rings. The van der Waals surface area contributed by atoms with Crippen LogP contribution in [0.4, 0.5) is 8.78 Å². The second-order valence-corrected chi connectivity index (χ2v) is 4.29. The quantitative estimate of drug-likeness (QED) is 0.863. The number of aromatic nitrogens is 2. The van der Waals surface area contributed by atoms with E-state index in [9.17, 15) is 13.9 Å². The molecule has 0 saturated heterocycles. The lowest BCUT2D eigenvalue weighted by Gasteiger charge is -2.12. The van der Waals surface area contributed by atoms with Crippen molar-refractivity contribution >= 4 is 0 Å². The van der Waals surface area contributed by atoms with E-state index in [1.165, 1.54) is 6.07 Å². The highest BCUT2D eigenvalue weighted by atomic mass is 19.1. The molecule has 1 unspecified atom stereocenters. The molecule has 102 valence electrons. The minimum Gasteiger partial charge on any atom is -0.387 e. The van der Waals surface area contributed by atoms with Crippen LogP contribution in [0.25, 0.3) is 0 Å². The van der Waals surface area contributed by atoms with Gasteiger partial charge in [0.1, 0.15) is 11.6 Å². The minimum absolute atomic E-state index is 0.0786. The van der Waals surface area contributed by atoms with Crippen molar-refractivity contribution in [3.8, 4) is 0 Å². The third kappa shape index (κ3) is 3.59. The van der Waals surface area contributed by atoms with Crippen molar-refractivity contribution in [2.45, 2.75) is 12.6 Å². The SMILES string of the molecule is Cn1ccc(CNCC(O)c2ccc(F)cc2F)n1. The molecule has 2 rings (SSSR count). The zero-order valence-corrected chi connectivity index (χ0v) is 10.5. The van der Waals surface area contributed by atoms with Gasteiger partial charge in [0.05, 0.1) is 11.8 Å². The van der Waals surface area contributed by atoms with Crippen LogP contribution in [0.1, 0.15) is 17.4 Å². The van der Waals surface area contributed by atoms with Gasteiger partial charge in [0.15, 0.2) is 0 Å². The van der Waals surface area contributed by atoms with Crippen LogP contribution in [0.2, 0.25) is 0 Å². The molecule has 0 amide bonds. The van der Waals surface area contributed by atoms with Crippen LogP contribution in [0, 0.1) is 11.6 Å². The zero-order chi connectivity index (χ0) is 13.8. The predicted octanol–water partition coefficient (Wildman–Crippen LogP) is 1.52. The van der Waals surface area contributed by atoms with Crippen LogP contribution >= 0.6 is 0 Å². The first-order chi connectivity index (χ1) is 9.06. The van der Waals surface area contributed by atoms with Gasteiger partial charge in [-0.3, -0.25) is 4.68 Å². The maximum atomic E-state index is 13.4. The molecule has 2 aromatic rings. The van der Waals surface area contributed by atoms with Crippen molar-refractivity contribution in [3.05, 3.63) is 53.4 Å². The number of rotatable bonds is 5. The van der Waals surface area contributed by atoms with Gasteiger partial charge in [-0.05, 0) is 12.1 Å². The van der Waals surface area contributed by atoms with Crippen LogP contribution in [0.5, 0.6) is 0 Å². The van der Waals surface area contributed by atoms with Gasteiger partial charge >= 0.3 is 0 Å². The van der Waals surface area contributed by atoms with Crippen molar-refractivity contribution in [2.24, 2.45) is 7.05 Å². The lowest BCUT2D eigenvalue weighted by atomic mass is 10.1. The number of aliphatic hydroxyl groups excluding tert-OH is 1. The van der Waals surface area contributed by atoms with Gasteiger partial charge in [0.25, 0.3) is 0 Å². The highest BCUT2D eigenvalue weighted by Gasteiger charge is 2.13. The van der Waals surface area contributed by atoms with Crippen LogP contribution in [0.15, 0.2) is 30.5 Å². The molecule has 1 aromatic carbocycles. The van der Waals surface area contributed by atoms with E-state index < -0.39 is 17.7 Å². The summed E-state index contributed by atoms with van der Waals surface area (Å²) in [5.74, 6) is -1.40. The highest BCUT2D eigenvalue weighted by Crippen LogP contribution is 2.17. The number of halogens is 2. The molecule has 1 heterocycles. The maximum Gasteiger partial charge on any atom is 0.131 e. The van der Waals surface area contributed by atoms with Gasteiger partial charge in [-0.2, -0.15) is 5.10 Å². The number of aliphatic hydroxyl groups is 1. The Balaban J connectivity index is 1.88. The maximum absolute atomic E-state index is 13.4. The van der Waals surface area contributed by atoms with Crippen molar-refractivity contribution in [1.82, 2.24) is 15.1 Å². The number of nitrogens with zero attached hydrogens (tertiary/aromatic N) is 2. The molecule has 0 aliphatic heterocycles. The second-order valence-electron chi connectivity index (χ2n) is 4.29. The molecule has 0 aliphatic carbocycles. The molecule has 6 heteroatoms. The van der Waals surface area contributed by atoms with E-state index in [2.05, 4.69) is 10.4 Å². The van der Waals surface area contributed by atoms with Crippen LogP contribution in [-0.2, 0) is 13.6 Å². The second kappa shape index (κ2) is 5.90. The Labute approximate surface area is 109 Å². The van der Waals surface area contributed by atoms with Gasteiger partial charge < -0.3 is 10.4 Å². The van der Waals surface area contributed by atoms with Gasteiger partial charge in [-0.25, -0.2) is 8.78 Å². The van der Waals surface area contributed by atoms with Gasteiger partial charge in [-0.15, -0.1) is 0 Å². The van der Waals surface area contributed by atoms with Crippen molar-refractivity contribution in [2.75, 3.05) is 6.54 Å². The third-order valence-corrected chi connectivity index (χ3v) is 2.73. The van der Waals surface area contributed by atoms with Crippen LogP contribution in [0.3, 0.4) is 0 Å². The zero-order valence-electron chi connectivity index (χ0n) is 10.5. The van der Waals surface area contributed by atoms with E-state index in [1.54, 1.807) is 4.68 Å². The molecule has 1 atom stereocenters. The summed E-state index contributed by atoms with van der Waals surface area (Å²) in [6, 6.07) is 4.98. The van der Waals surface area contributed by atoms with E-state index in [4.69, 9.17) is 0 Å². The fourth-order valence-electron chi connectivity index (χ4n) is 1.78. The summed E-state index contributed by atoms with van der Waals surface area (Å²) in [7, 11) is 1.81. The fourth-order valence-corrected chi connectivity index (χ4v) is 1.78. The minimum atomic E-state index is -1.02. The summed E-state index contributed by atoms with van der Waals surface area (Å²) in [5.41, 5.74) is 0.907. The molecule has 2 N–H and O–H groups in total. The normalized spacial score (nSPS) is 12.6. The largest absolute Gasteiger partial charge is 0.387 e. The average Bonchev–Trinajstić information content (AvgIpc) is 2.75. The highest BCUT2D eigenvalue weighted by molar-refractivity contribution is 5.21. The Bertz CT molecular complexity index is 557. The summed E-state index contributed by atoms with van der Waals surface area (Å²) in [5, 5.41) is 17.0. The van der Waals surface area contributed by atoms with E-state index in [0.29, 0.717) is 6.54 Å². The van der Waals surface area contributed by atoms with E-state index >= 15 is 0 Å². The monoisotopic (exact) mass is 267 g/mol. The molecule has 19 heavy (non-hydrogen) atoms. The van der Waals surface area contributed by atoms with Crippen LogP contribution < -0.4 is 5.32 Å². The first kappa shape index (κ1) is 13.6. The Morgan fingerprint density at radius 2 is 2.16 bits per heavy atom. The Hall–Kier alpha value is -1.79. The molecular formula is C13H15F2N3O. The summed E-state index contributed by atoms with van der Waals surface area (Å²) < 4.78 is 27.8. The van der Waals surface area contributed by atoms with Crippen molar-refractivity contribution < 1.29 is 13.9 Å². The van der Waals surface area contributed by atoms with Crippen molar-refractivity contribution in [3.63, 3.8) is 0 Å². The third-order valence-electron chi connectivity index (χ3n) is 2.73. The first-order valence-electron chi connectivity index (χ1n) is 5.88. The molecule has 1 aromatic heterocycles. The van der Waals surface area contributed by atoms with Gasteiger partial charge in [0, 0.05) is 38.0 Å². The summed E-state index contributed by atoms with van der Waals surface area (Å²) in [6.45, 7) is 0.639. The van der Waals surface area contributed by atoms with Crippen LogP contribution in [-0.4, -0.2) is 21.4 Å². The molecule has 0 radical (unpaired) electrons. The van der Waals surface area contributed by atoms with E-state index in [-0.39, 0.29) is 12.1 Å². The molecule has 0 spiro atoms. The molecular weight excluding hydrogens is 252 g/mol. The molecule has 0 bridgehead atoms. The van der Waals surface area contributed by atoms with Crippen molar-refractivity contribution in [1.29, 1.82) is 0 Å². The Morgan fingerprint density at radius 1 is 1.37 bits per heavy atom. The number of hydrogen-bond donors (Lipinski definition) is 2. The first-order valence-corrected chi connectivity index (χ1v) is 5.88. The lowest BCUT2D eigenvalue weighted by Crippen LogP contribution is -2.22. The number of hydrogen-bond acceptors (Lipinski definition) is 3. The molecule has 4 nitrogen and oxygen atoms in total. The standard InChI is InChI=1S/C13H15F2N3O/c1-18-5-4-10(17-18)7-16-8-13(19)11-3-2-9(14)6-12(11)15/h2-6,13,16,19H,7-8H2,1H3. The topological polar surface area (TPSA) is 50.1 Å². The van der Waals surface area contributed by atoms with Gasteiger partial charge in [-0.1, -0.05) is 6.07 Å². The number of aryl methyl sites for hydroxylation is 1. The smallest absolute Gasteiger partial charge is 0.131 e. The molecule has 0 aliphatic rings. The number of benzene rings is 1. The summed E-state index contributed by atoms with van der Waals surface area (Å²) >= 11 is 0. The Morgan fingerprint density at radius 3 is 2.79 bits per heavy atom. The number of nitrogens with one attached hydrogen (secondary N) is 1. The molecule has 0 saturated carbocycles. The summed E-state index contributed by atoms with van der Waals surface area (Å²) in [4.78, 5) is 0. The van der Waals surface area contributed by atoms with E-state index in [1.807, 2.05) is 19.3 Å². The summed E-state index contributed by atoms with van der Waals surface area (Å²) in [6.07, 6.45) is 0.789. The Kier molecular flexibility index (Phi) is 4.24. The fraction of sp³-hybridized carbons (Fsp3) is 0.308.